The van der Waals surface area contributed by atoms with Crippen LogP contribution in [-0.2, 0) is 11.0 Å². The SMILES string of the molecule is CN/C=C(\C(=N)C(=O)N1CC(F)(F)C[C@@H](C)C1CNc1ncc(C(F)(F)F)cn1)c1ncc(C)cn1. The first kappa shape index (κ1) is 26.9. The lowest BCUT2D eigenvalue weighted by atomic mass is 9.87. The second kappa shape index (κ2) is 10.5. The van der Waals surface area contributed by atoms with Crippen LogP contribution in [0.15, 0.2) is 31.0 Å². The first-order chi connectivity index (χ1) is 16.8. The molecule has 2 aromatic heterocycles. The number of amides is 1. The van der Waals surface area contributed by atoms with Gasteiger partial charge in [0.25, 0.3) is 11.8 Å². The number of hydrogen-bond acceptors (Lipinski definition) is 8. The van der Waals surface area contributed by atoms with Gasteiger partial charge in [0, 0.05) is 51.0 Å². The molecule has 9 nitrogen and oxygen atoms in total. The first-order valence-electron chi connectivity index (χ1n) is 10.9. The third-order valence-corrected chi connectivity index (χ3v) is 5.58. The number of carbonyl (C=O) groups is 1. The summed E-state index contributed by atoms with van der Waals surface area (Å²) >= 11 is 0. The zero-order valence-corrected chi connectivity index (χ0v) is 19.7. The summed E-state index contributed by atoms with van der Waals surface area (Å²) in [6.45, 7) is 2.25. The van der Waals surface area contributed by atoms with Crippen LogP contribution in [0.4, 0.5) is 27.9 Å². The number of aryl methyl sites for hydroxylation is 1. The normalized spacial score (nSPS) is 20.1. The average molecular weight is 512 g/mol. The molecule has 1 saturated heterocycles. The maximum atomic E-state index is 14.5. The zero-order valence-electron chi connectivity index (χ0n) is 19.7. The molecule has 3 heterocycles. The number of piperidine rings is 1. The Morgan fingerprint density at radius 1 is 1.19 bits per heavy atom. The van der Waals surface area contributed by atoms with Gasteiger partial charge in [0.2, 0.25) is 5.95 Å². The summed E-state index contributed by atoms with van der Waals surface area (Å²) in [6.07, 6.45) is 0.413. The molecule has 0 spiro atoms. The minimum atomic E-state index is -4.61. The lowest BCUT2D eigenvalue weighted by Crippen LogP contribution is -2.59. The number of hydrogen-bond donors (Lipinski definition) is 3. The number of likely N-dealkylation sites (tertiary alicyclic amines) is 1. The number of carbonyl (C=O) groups excluding carboxylic acids is 1. The van der Waals surface area contributed by atoms with Gasteiger partial charge < -0.3 is 15.5 Å². The molecule has 3 N–H and O–H groups in total. The molecule has 0 aliphatic carbocycles. The first-order valence-corrected chi connectivity index (χ1v) is 10.9. The van der Waals surface area contributed by atoms with Crippen molar-refractivity contribution in [2.75, 3.05) is 25.5 Å². The highest BCUT2D eigenvalue weighted by molar-refractivity contribution is 6.54. The van der Waals surface area contributed by atoms with E-state index in [1.165, 1.54) is 25.5 Å². The molecular weight excluding hydrogens is 487 g/mol. The summed E-state index contributed by atoms with van der Waals surface area (Å²) in [5.41, 5.74) is -0.858. The largest absolute Gasteiger partial charge is 0.419 e. The van der Waals surface area contributed by atoms with Crippen molar-refractivity contribution < 1.29 is 26.7 Å². The molecule has 0 aromatic carbocycles. The summed E-state index contributed by atoms with van der Waals surface area (Å²) in [4.78, 5) is 29.7. The molecular formula is C22H25F5N8O. The highest BCUT2D eigenvalue weighted by Crippen LogP contribution is 2.35. The van der Waals surface area contributed by atoms with Crippen LogP contribution in [0.3, 0.4) is 0 Å². The maximum absolute atomic E-state index is 14.5. The number of nitrogens with zero attached hydrogens (tertiary/aromatic N) is 5. The van der Waals surface area contributed by atoms with E-state index >= 15 is 0 Å². The molecule has 0 radical (unpaired) electrons. The van der Waals surface area contributed by atoms with E-state index in [4.69, 9.17) is 5.41 Å². The minimum absolute atomic E-state index is 0.0156. The molecule has 1 aliphatic heterocycles. The van der Waals surface area contributed by atoms with Crippen molar-refractivity contribution in [1.82, 2.24) is 30.2 Å². The molecule has 3 rings (SSSR count). The monoisotopic (exact) mass is 512 g/mol. The van der Waals surface area contributed by atoms with Crippen molar-refractivity contribution in [3.05, 3.63) is 47.9 Å². The summed E-state index contributed by atoms with van der Waals surface area (Å²) in [5.74, 6) is -4.95. The fraction of sp³-hybridized carbons (Fsp3) is 0.455. The zero-order chi connectivity index (χ0) is 26.7. The van der Waals surface area contributed by atoms with E-state index in [-0.39, 0.29) is 23.9 Å². The van der Waals surface area contributed by atoms with Gasteiger partial charge in [0.15, 0.2) is 5.82 Å². The Kier molecular flexibility index (Phi) is 7.84. The van der Waals surface area contributed by atoms with Crippen LogP contribution in [0.2, 0.25) is 0 Å². The van der Waals surface area contributed by atoms with Gasteiger partial charge in [-0.25, -0.2) is 28.7 Å². The van der Waals surface area contributed by atoms with Crippen molar-refractivity contribution in [1.29, 1.82) is 5.41 Å². The third kappa shape index (κ3) is 6.29. The van der Waals surface area contributed by atoms with E-state index in [1.807, 2.05) is 0 Å². The molecule has 14 heteroatoms. The van der Waals surface area contributed by atoms with Crippen LogP contribution in [0.1, 0.15) is 30.3 Å². The van der Waals surface area contributed by atoms with E-state index in [0.717, 1.165) is 10.5 Å². The van der Waals surface area contributed by atoms with Gasteiger partial charge in [0.05, 0.1) is 23.7 Å². The third-order valence-electron chi connectivity index (χ3n) is 5.58. The maximum Gasteiger partial charge on any atom is 0.419 e. The Bertz CT molecular complexity index is 1120. The fourth-order valence-corrected chi connectivity index (χ4v) is 3.82. The summed E-state index contributed by atoms with van der Waals surface area (Å²) in [7, 11) is 1.54. The van der Waals surface area contributed by atoms with Crippen molar-refractivity contribution in [2.45, 2.75) is 38.4 Å². The standard InChI is InChI=1S/C22H25F5N8O/c1-12-5-30-18(31-6-12)15(9-29-3)17(28)19(36)35-11-21(23,24)4-13(2)16(35)10-34-20-32-7-14(8-33-20)22(25,26)27/h5-9,13,16,28-29H,4,10-11H2,1-3H3,(H,32,33,34)/b15-9+,28-17?/t13-,16?/m1/s1. The number of alkyl halides is 5. The number of nitrogens with one attached hydrogen (secondary N) is 3. The van der Waals surface area contributed by atoms with Crippen LogP contribution in [0.25, 0.3) is 5.57 Å². The quantitative estimate of drug-likeness (QED) is 0.385. The van der Waals surface area contributed by atoms with Crippen LogP contribution < -0.4 is 10.6 Å². The Balaban J connectivity index is 1.84. The van der Waals surface area contributed by atoms with E-state index in [9.17, 15) is 26.7 Å². The van der Waals surface area contributed by atoms with E-state index < -0.39 is 54.2 Å². The molecule has 0 saturated carbocycles. The Hall–Kier alpha value is -3.71. The molecule has 194 valence electrons. The van der Waals surface area contributed by atoms with Gasteiger partial charge in [-0.1, -0.05) is 6.92 Å². The van der Waals surface area contributed by atoms with Crippen molar-refractivity contribution in [3.8, 4) is 0 Å². The van der Waals surface area contributed by atoms with Crippen LogP contribution >= 0.6 is 0 Å². The number of anilines is 1. The second-order valence-corrected chi connectivity index (χ2v) is 8.52. The smallest absolute Gasteiger partial charge is 0.393 e. The summed E-state index contributed by atoms with van der Waals surface area (Å²) in [6, 6.07) is -0.821. The number of rotatable bonds is 7. The van der Waals surface area contributed by atoms with Crippen molar-refractivity contribution >= 4 is 23.1 Å². The minimum Gasteiger partial charge on any atom is -0.393 e. The summed E-state index contributed by atoms with van der Waals surface area (Å²) < 4.78 is 67.2. The molecule has 2 atom stereocenters. The lowest BCUT2D eigenvalue weighted by molar-refractivity contribution is -0.145. The topological polar surface area (TPSA) is 120 Å². The Labute approximate surface area is 203 Å². The van der Waals surface area contributed by atoms with E-state index in [0.29, 0.717) is 12.4 Å². The Morgan fingerprint density at radius 2 is 1.81 bits per heavy atom. The molecule has 1 amide bonds. The molecule has 1 aliphatic rings. The van der Waals surface area contributed by atoms with Gasteiger partial charge in [-0.3, -0.25) is 10.2 Å². The van der Waals surface area contributed by atoms with E-state index in [1.54, 1.807) is 14.0 Å². The van der Waals surface area contributed by atoms with Gasteiger partial charge >= 0.3 is 6.18 Å². The summed E-state index contributed by atoms with van der Waals surface area (Å²) in [5, 5.41) is 13.9. The predicted octanol–water partition coefficient (Wildman–Crippen LogP) is 3.16. The highest BCUT2D eigenvalue weighted by atomic mass is 19.4. The van der Waals surface area contributed by atoms with Crippen LogP contribution in [0, 0.1) is 18.3 Å². The predicted molar refractivity (Wildman–Crippen MR) is 121 cm³/mol. The molecule has 2 aromatic rings. The van der Waals surface area contributed by atoms with Gasteiger partial charge in [-0.05, 0) is 18.4 Å². The van der Waals surface area contributed by atoms with Crippen LogP contribution in [-0.4, -0.2) is 68.6 Å². The molecule has 1 unspecified atom stereocenters. The Morgan fingerprint density at radius 3 is 2.36 bits per heavy atom. The van der Waals surface area contributed by atoms with E-state index in [2.05, 4.69) is 30.6 Å². The van der Waals surface area contributed by atoms with Crippen LogP contribution in [0.5, 0.6) is 0 Å². The molecule has 36 heavy (non-hydrogen) atoms. The fourth-order valence-electron chi connectivity index (χ4n) is 3.82. The molecule has 0 bridgehead atoms. The van der Waals surface area contributed by atoms with Gasteiger partial charge in [-0.15, -0.1) is 0 Å². The van der Waals surface area contributed by atoms with Gasteiger partial charge in [0.1, 0.15) is 5.71 Å². The van der Waals surface area contributed by atoms with Gasteiger partial charge in [-0.2, -0.15) is 13.2 Å². The number of aromatic nitrogens is 4. The lowest BCUT2D eigenvalue weighted by Gasteiger charge is -2.43. The highest BCUT2D eigenvalue weighted by Gasteiger charge is 2.47. The molecule has 1 fully saturated rings. The van der Waals surface area contributed by atoms with Crippen molar-refractivity contribution in [3.63, 3.8) is 0 Å². The van der Waals surface area contributed by atoms with Crippen molar-refractivity contribution in [2.24, 2.45) is 5.92 Å². The number of halogens is 5. The second-order valence-electron chi connectivity index (χ2n) is 8.52. The average Bonchev–Trinajstić information content (AvgIpc) is 2.80.